The molecular weight excluding hydrogens is 279 g/mol. The molecule has 1 aliphatic carbocycles. The van der Waals surface area contributed by atoms with E-state index in [1.807, 2.05) is 0 Å². The Morgan fingerprint density at radius 1 is 1.45 bits per heavy atom. The average molecular weight is 301 g/mol. The van der Waals surface area contributed by atoms with Crippen molar-refractivity contribution in [3.63, 3.8) is 0 Å². The molecule has 2 unspecified atom stereocenters. The lowest BCUT2D eigenvalue weighted by atomic mass is 9.85. The van der Waals surface area contributed by atoms with Gasteiger partial charge < -0.3 is 11.1 Å². The van der Waals surface area contributed by atoms with Crippen LogP contribution in [0.25, 0.3) is 0 Å². The largest absolute Gasteiger partial charge is 0.352 e. The third-order valence-corrected chi connectivity index (χ3v) is 3.77. The normalized spacial score (nSPS) is 21.9. The Kier molecular flexibility index (Phi) is 6.43. The fourth-order valence-electron chi connectivity index (χ4n) is 2.62. The lowest BCUT2D eigenvalue weighted by Gasteiger charge is -2.25. The highest BCUT2D eigenvalue weighted by Gasteiger charge is 2.24. The molecule has 2 atom stereocenters. The van der Waals surface area contributed by atoms with Gasteiger partial charge in [0.1, 0.15) is 5.82 Å². The van der Waals surface area contributed by atoms with Gasteiger partial charge in [-0.2, -0.15) is 0 Å². The fraction of sp³-hybridized carbons (Fsp3) is 0.533. The number of benzene rings is 1. The van der Waals surface area contributed by atoms with E-state index in [-0.39, 0.29) is 36.1 Å². The first kappa shape index (κ1) is 16.9. The zero-order valence-electron chi connectivity index (χ0n) is 11.7. The number of carbonyl (C=O) groups excluding carboxylic acids is 1. The van der Waals surface area contributed by atoms with Crippen LogP contribution in [0.15, 0.2) is 18.2 Å². The molecule has 0 aromatic heterocycles. The molecule has 112 valence electrons. The first-order valence-corrected chi connectivity index (χ1v) is 6.84. The van der Waals surface area contributed by atoms with Crippen LogP contribution in [-0.2, 0) is 11.3 Å². The summed E-state index contributed by atoms with van der Waals surface area (Å²) in [5, 5.41) is 2.92. The Labute approximate surface area is 125 Å². The van der Waals surface area contributed by atoms with E-state index in [2.05, 4.69) is 5.32 Å². The second-order valence-electron chi connectivity index (χ2n) is 5.42. The van der Waals surface area contributed by atoms with E-state index in [4.69, 9.17) is 5.73 Å². The van der Waals surface area contributed by atoms with Crippen LogP contribution < -0.4 is 11.1 Å². The molecule has 0 radical (unpaired) electrons. The molecule has 0 aliphatic heterocycles. The van der Waals surface area contributed by atoms with Gasteiger partial charge in [0.2, 0.25) is 5.91 Å². The van der Waals surface area contributed by atoms with Crippen LogP contribution in [0, 0.1) is 18.7 Å². The van der Waals surface area contributed by atoms with E-state index in [0.717, 1.165) is 31.2 Å². The minimum atomic E-state index is -0.215. The van der Waals surface area contributed by atoms with Gasteiger partial charge in [-0.3, -0.25) is 4.79 Å². The monoisotopic (exact) mass is 300 g/mol. The van der Waals surface area contributed by atoms with Gasteiger partial charge in [-0.15, -0.1) is 12.4 Å². The molecule has 3 nitrogen and oxygen atoms in total. The van der Waals surface area contributed by atoms with E-state index < -0.39 is 0 Å². The van der Waals surface area contributed by atoms with Crippen molar-refractivity contribution in [3.8, 4) is 0 Å². The number of carbonyl (C=O) groups is 1. The molecule has 1 amide bonds. The maximum Gasteiger partial charge on any atom is 0.223 e. The number of hydrogen-bond acceptors (Lipinski definition) is 2. The molecule has 0 spiro atoms. The van der Waals surface area contributed by atoms with Crippen LogP contribution in [0.2, 0.25) is 0 Å². The summed E-state index contributed by atoms with van der Waals surface area (Å²) < 4.78 is 13.1. The highest BCUT2D eigenvalue weighted by atomic mass is 35.5. The topological polar surface area (TPSA) is 55.1 Å². The average Bonchev–Trinajstić information content (AvgIpc) is 2.40. The summed E-state index contributed by atoms with van der Waals surface area (Å²) in [5.41, 5.74) is 7.41. The van der Waals surface area contributed by atoms with Crippen LogP contribution in [0.1, 0.15) is 36.8 Å². The maximum atomic E-state index is 13.1. The number of amides is 1. The molecule has 1 fully saturated rings. The smallest absolute Gasteiger partial charge is 0.223 e. The van der Waals surface area contributed by atoms with Gasteiger partial charge in [0.15, 0.2) is 0 Å². The number of nitrogens with one attached hydrogen (secondary N) is 1. The Morgan fingerprint density at radius 3 is 2.85 bits per heavy atom. The van der Waals surface area contributed by atoms with E-state index in [0.29, 0.717) is 12.1 Å². The lowest BCUT2D eigenvalue weighted by molar-refractivity contribution is -0.126. The number of hydrogen-bond donors (Lipinski definition) is 2. The van der Waals surface area contributed by atoms with E-state index in [9.17, 15) is 9.18 Å². The Balaban J connectivity index is 0.00000200. The standard InChI is InChI=1S/C15H21FN2O.ClH/c1-10-7-11(5-6-14(10)16)9-18-15(19)12-3-2-4-13(17)8-12;/h5-7,12-13H,2-4,8-9,17H2,1H3,(H,18,19);1H. The molecule has 1 aliphatic rings. The van der Waals surface area contributed by atoms with Crippen molar-refractivity contribution < 1.29 is 9.18 Å². The summed E-state index contributed by atoms with van der Waals surface area (Å²) in [7, 11) is 0. The van der Waals surface area contributed by atoms with Crippen molar-refractivity contribution in [1.29, 1.82) is 0 Å². The van der Waals surface area contributed by atoms with Crippen molar-refractivity contribution in [2.75, 3.05) is 0 Å². The first-order chi connectivity index (χ1) is 9.06. The molecule has 3 N–H and O–H groups in total. The second kappa shape index (κ2) is 7.60. The van der Waals surface area contributed by atoms with E-state index in [1.54, 1.807) is 19.1 Å². The molecular formula is C15H22ClFN2O. The summed E-state index contributed by atoms with van der Waals surface area (Å²) in [6.45, 7) is 2.17. The molecule has 1 aromatic rings. The van der Waals surface area contributed by atoms with Gasteiger partial charge in [0.05, 0.1) is 0 Å². The number of rotatable bonds is 3. The summed E-state index contributed by atoms with van der Waals surface area (Å²) in [6.07, 6.45) is 3.73. The number of aryl methyl sites for hydroxylation is 1. The summed E-state index contributed by atoms with van der Waals surface area (Å²) in [6, 6.07) is 5.06. The van der Waals surface area contributed by atoms with Gasteiger partial charge >= 0.3 is 0 Å². The van der Waals surface area contributed by atoms with Crippen molar-refractivity contribution in [3.05, 3.63) is 35.1 Å². The van der Waals surface area contributed by atoms with Gasteiger partial charge in [0, 0.05) is 18.5 Å². The Bertz CT molecular complexity index is 467. The van der Waals surface area contributed by atoms with Crippen molar-refractivity contribution in [2.45, 2.75) is 45.2 Å². The van der Waals surface area contributed by atoms with Crippen LogP contribution in [0.4, 0.5) is 4.39 Å². The van der Waals surface area contributed by atoms with Crippen molar-refractivity contribution >= 4 is 18.3 Å². The third-order valence-electron chi connectivity index (χ3n) is 3.77. The molecule has 20 heavy (non-hydrogen) atoms. The number of halogens is 2. The predicted molar refractivity (Wildman–Crippen MR) is 80.2 cm³/mol. The predicted octanol–water partition coefficient (Wildman–Crippen LogP) is 2.69. The minimum absolute atomic E-state index is 0. The van der Waals surface area contributed by atoms with Gasteiger partial charge in [-0.25, -0.2) is 4.39 Å². The SMILES string of the molecule is Cc1cc(CNC(=O)C2CCCC(N)C2)ccc1F.Cl. The lowest BCUT2D eigenvalue weighted by Crippen LogP contribution is -2.37. The highest BCUT2D eigenvalue weighted by molar-refractivity contribution is 5.85. The van der Waals surface area contributed by atoms with Crippen LogP contribution in [0.3, 0.4) is 0 Å². The molecule has 1 saturated carbocycles. The molecule has 1 aromatic carbocycles. The molecule has 5 heteroatoms. The molecule has 0 heterocycles. The summed E-state index contributed by atoms with van der Waals surface area (Å²) in [5.74, 6) is -0.115. The van der Waals surface area contributed by atoms with Gasteiger partial charge in [-0.1, -0.05) is 18.6 Å². The molecule has 2 rings (SSSR count). The maximum absolute atomic E-state index is 13.1. The second-order valence-corrected chi connectivity index (χ2v) is 5.42. The zero-order chi connectivity index (χ0) is 13.8. The Morgan fingerprint density at radius 2 is 2.20 bits per heavy atom. The third kappa shape index (κ3) is 4.46. The quantitative estimate of drug-likeness (QED) is 0.902. The minimum Gasteiger partial charge on any atom is -0.352 e. The van der Waals surface area contributed by atoms with E-state index in [1.165, 1.54) is 6.07 Å². The molecule has 0 bridgehead atoms. The van der Waals surface area contributed by atoms with Crippen LogP contribution >= 0.6 is 12.4 Å². The van der Waals surface area contributed by atoms with Crippen molar-refractivity contribution in [1.82, 2.24) is 5.32 Å². The van der Waals surface area contributed by atoms with Gasteiger partial charge in [0.25, 0.3) is 0 Å². The van der Waals surface area contributed by atoms with Crippen LogP contribution in [0.5, 0.6) is 0 Å². The van der Waals surface area contributed by atoms with Crippen LogP contribution in [-0.4, -0.2) is 11.9 Å². The molecule has 0 saturated heterocycles. The summed E-state index contributed by atoms with van der Waals surface area (Å²) >= 11 is 0. The number of nitrogens with two attached hydrogens (primary N) is 1. The van der Waals surface area contributed by atoms with Crippen molar-refractivity contribution in [2.24, 2.45) is 11.7 Å². The van der Waals surface area contributed by atoms with Gasteiger partial charge in [-0.05, 0) is 43.4 Å². The zero-order valence-corrected chi connectivity index (χ0v) is 12.5. The summed E-state index contributed by atoms with van der Waals surface area (Å²) in [4.78, 5) is 12.0. The highest BCUT2D eigenvalue weighted by Crippen LogP contribution is 2.23. The fourth-order valence-corrected chi connectivity index (χ4v) is 2.62. The first-order valence-electron chi connectivity index (χ1n) is 6.84. The van der Waals surface area contributed by atoms with E-state index >= 15 is 0 Å². The Hall–Kier alpha value is -1.13.